The van der Waals surface area contributed by atoms with Gasteiger partial charge in [0.15, 0.2) is 0 Å². The number of hydrogen-bond donors (Lipinski definition) is 4. The van der Waals surface area contributed by atoms with E-state index in [1.165, 1.54) is 7.11 Å². The molecule has 1 heterocycles. The highest BCUT2D eigenvalue weighted by Crippen LogP contribution is 2.45. The maximum absolute atomic E-state index is 13.5. The lowest BCUT2D eigenvalue weighted by molar-refractivity contribution is -0.141. The number of hydrogen-bond acceptors (Lipinski definition) is 9. The highest BCUT2D eigenvalue weighted by molar-refractivity contribution is 7.90. The van der Waals surface area contributed by atoms with Gasteiger partial charge in [-0.1, -0.05) is 48.5 Å². The van der Waals surface area contributed by atoms with Crippen LogP contribution in [0.15, 0.2) is 58.4 Å². The quantitative estimate of drug-likeness (QED) is 0.0932. The molecule has 0 spiro atoms. The first-order valence-corrected chi connectivity index (χ1v) is 18.2. The molecule has 1 atom stereocenters. The Kier molecular flexibility index (Phi) is 10.9. The molecule has 0 saturated carbocycles. The van der Waals surface area contributed by atoms with E-state index in [9.17, 15) is 22.8 Å². The van der Waals surface area contributed by atoms with Crippen LogP contribution in [0.4, 0.5) is 4.79 Å². The molecule has 0 bridgehead atoms. The molecule has 5 rings (SSSR count). The molecule has 1 aliphatic carbocycles. The van der Waals surface area contributed by atoms with Crippen molar-refractivity contribution < 1.29 is 37.0 Å². The molecular formula is C37H45N5O8S. The predicted molar refractivity (Wildman–Crippen MR) is 192 cm³/mol. The number of carbonyl (C=O) groups is 3. The lowest BCUT2D eigenvalue weighted by Gasteiger charge is -2.20. The molecule has 51 heavy (non-hydrogen) atoms. The molecule has 2 aliphatic rings. The van der Waals surface area contributed by atoms with Gasteiger partial charge in [-0.3, -0.25) is 14.6 Å². The fourth-order valence-corrected chi connectivity index (χ4v) is 8.29. The molecule has 5 N–H and O–H groups in total. The van der Waals surface area contributed by atoms with Crippen molar-refractivity contribution in [2.24, 2.45) is 10.7 Å². The Hall–Kier alpha value is -5.11. The van der Waals surface area contributed by atoms with Crippen LogP contribution in [0, 0.1) is 20.8 Å². The van der Waals surface area contributed by atoms with E-state index in [-0.39, 0.29) is 42.8 Å². The molecule has 0 aromatic heterocycles. The van der Waals surface area contributed by atoms with Gasteiger partial charge in [-0.25, -0.2) is 17.9 Å². The Balaban J connectivity index is 1.21. The Labute approximate surface area is 298 Å². The number of nitrogens with two attached hydrogens (primary N) is 1. The molecule has 0 fully saturated rings. The number of nitrogens with zero attached hydrogens (tertiary/aromatic N) is 1. The van der Waals surface area contributed by atoms with E-state index >= 15 is 0 Å². The summed E-state index contributed by atoms with van der Waals surface area (Å²) < 4.78 is 45.8. The average Bonchev–Trinajstić information content (AvgIpc) is 3.60. The number of benzene rings is 3. The molecule has 0 radical (unpaired) electrons. The number of rotatable bonds is 12. The predicted octanol–water partition coefficient (Wildman–Crippen LogP) is 3.90. The van der Waals surface area contributed by atoms with Crippen molar-refractivity contribution in [3.63, 3.8) is 0 Å². The Morgan fingerprint density at radius 3 is 2.25 bits per heavy atom. The third kappa shape index (κ3) is 8.11. The number of nitrogens with one attached hydrogen (secondary N) is 3. The number of sulfonamides is 1. The van der Waals surface area contributed by atoms with Gasteiger partial charge < -0.3 is 30.6 Å². The van der Waals surface area contributed by atoms with E-state index in [1.807, 2.05) is 69.3 Å². The van der Waals surface area contributed by atoms with Gasteiger partial charge in [0.25, 0.3) is 10.0 Å². The molecule has 272 valence electrons. The van der Waals surface area contributed by atoms with Crippen LogP contribution in [0.25, 0.3) is 11.1 Å². The van der Waals surface area contributed by atoms with E-state index in [0.717, 1.165) is 33.4 Å². The van der Waals surface area contributed by atoms with Crippen molar-refractivity contribution in [2.75, 3.05) is 26.8 Å². The van der Waals surface area contributed by atoms with Gasteiger partial charge in [0.1, 0.15) is 30.5 Å². The van der Waals surface area contributed by atoms with E-state index in [1.54, 1.807) is 13.8 Å². The summed E-state index contributed by atoms with van der Waals surface area (Å²) in [6.07, 6.45) is 0.0682. The normalized spacial score (nSPS) is 15.1. The average molecular weight is 720 g/mol. The molecule has 13 nitrogen and oxygen atoms in total. The summed E-state index contributed by atoms with van der Waals surface area (Å²) in [6, 6.07) is 14.8. The molecule has 2 amide bonds. The van der Waals surface area contributed by atoms with Gasteiger partial charge in [-0.15, -0.1) is 0 Å². The number of esters is 1. The maximum Gasteiger partial charge on any atom is 0.407 e. The highest BCUT2D eigenvalue weighted by Gasteiger charge is 2.37. The Bertz CT molecular complexity index is 1950. The number of methoxy groups -OCH3 is 1. The van der Waals surface area contributed by atoms with Crippen LogP contribution in [0.1, 0.15) is 66.0 Å². The van der Waals surface area contributed by atoms with Crippen molar-refractivity contribution >= 4 is 34.0 Å². The van der Waals surface area contributed by atoms with E-state index in [0.29, 0.717) is 23.3 Å². The second-order valence-corrected chi connectivity index (χ2v) is 15.0. The van der Waals surface area contributed by atoms with Gasteiger partial charge in [0.2, 0.25) is 11.9 Å². The van der Waals surface area contributed by atoms with Gasteiger partial charge in [0, 0.05) is 24.4 Å². The third-order valence-electron chi connectivity index (χ3n) is 9.32. The van der Waals surface area contributed by atoms with Gasteiger partial charge in [-0.05, 0) is 86.4 Å². The summed E-state index contributed by atoms with van der Waals surface area (Å²) in [5.41, 5.74) is 12.6. The van der Waals surface area contributed by atoms with Crippen molar-refractivity contribution in [3.8, 4) is 16.9 Å². The second-order valence-electron chi connectivity index (χ2n) is 13.4. The Morgan fingerprint density at radius 1 is 1.00 bits per heavy atom. The third-order valence-corrected chi connectivity index (χ3v) is 10.9. The molecule has 0 unspecified atom stereocenters. The molecular weight excluding hydrogens is 675 g/mol. The summed E-state index contributed by atoms with van der Waals surface area (Å²) >= 11 is 0. The zero-order chi connectivity index (χ0) is 37.1. The largest absolute Gasteiger partial charge is 0.487 e. The zero-order valence-electron chi connectivity index (χ0n) is 29.7. The van der Waals surface area contributed by atoms with Crippen LogP contribution in [0.2, 0.25) is 0 Å². The minimum Gasteiger partial charge on any atom is -0.487 e. The van der Waals surface area contributed by atoms with Gasteiger partial charge in [-0.2, -0.15) is 0 Å². The van der Waals surface area contributed by atoms with E-state index < -0.39 is 46.2 Å². The number of guanidine groups is 1. The summed E-state index contributed by atoms with van der Waals surface area (Å²) in [4.78, 5) is 42.0. The number of fused-ring (bicyclic) bond motifs is 4. The summed E-state index contributed by atoms with van der Waals surface area (Å²) in [7, 11) is -2.90. The lowest BCUT2D eigenvalue weighted by atomic mass is 9.94. The SMILES string of the molecule is COC(=O)CNC(=O)[C@H](CCCN=C(N)NS(=O)(=O)c1c(C)c(C)c2c(c1C)CC(C)(C)O2)NC(=O)OCC1c2ccccc2-c2ccccc21. The van der Waals surface area contributed by atoms with Crippen LogP contribution >= 0.6 is 0 Å². The fraction of sp³-hybridized carbons (Fsp3) is 0.405. The summed E-state index contributed by atoms with van der Waals surface area (Å²) in [5.74, 6) is -1.07. The molecule has 1 aliphatic heterocycles. The van der Waals surface area contributed by atoms with Gasteiger partial charge in [0.05, 0.1) is 12.0 Å². The smallest absolute Gasteiger partial charge is 0.407 e. The lowest BCUT2D eigenvalue weighted by Crippen LogP contribution is -2.48. The fourth-order valence-electron chi connectivity index (χ4n) is 6.77. The van der Waals surface area contributed by atoms with E-state index in [4.69, 9.17) is 15.2 Å². The first-order valence-electron chi connectivity index (χ1n) is 16.7. The molecule has 0 saturated heterocycles. The Morgan fingerprint density at radius 2 is 1.63 bits per heavy atom. The van der Waals surface area contributed by atoms with Crippen LogP contribution in [-0.4, -0.2) is 70.8 Å². The number of carbonyl (C=O) groups excluding carboxylic acids is 3. The first-order chi connectivity index (χ1) is 24.1. The summed E-state index contributed by atoms with van der Waals surface area (Å²) in [6.45, 7) is 8.92. The molecule has 14 heteroatoms. The van der Waals surface area contributed by atoms with Crippen LogP contribution in [-0.2, 0) is 35.5 Å². The standard InChI is InChI=1S/C37H45N5O8S/c1-21-22(2)33(23(3)28-18-37(4,5)50-32(21)28)51(46,47)42-35(38)39-17-11-16-30(34(44)40-19-31(43)48-6)41-36(45)49-20-29-26-14-9-7-12-24(26)25-13-8-10-15-27(25)29/h7-10,12-15,29-30H,11,16-20H2,1-6H3,(H,40,44)(H,41,45)(H3,38,39,42)/t30-/m0/s1. The number of aliphatic imine (C=N–C) groups is 1. The van der Waals surface area contributed by atoms with Crippen LogP contribution < -0.4 is 25.8 Å². The zero-order valence-corrected chi connectivity index (χ0v) is 30.5. The monoisotopic (exact) mass is 719 g/mol. The highest BCUT2D eigenvalue weighted by atomic mass is 32.2. The number of alkyl carbamates (subject to hydrolysis) is 1. The maximum atomic E-state index is 13.5. The minimum absolute atomic E-state index is 0.0325. The molecule has 3 aromatic rings. The van der Waals surface area contributed by atoms with E-state index in [2.05, 4.69) is 25.1 Å². The summed E-state index contributed by atoms with van der Waals surface area (Å²) in [5, 5.41) is 5.05. The van der Waals surface area contributed by atoms with Crippen LogP contribution in [0.5, 0.6) is 5.75 Å². The molecule has 3 aromatic carbocycles. The second kappa shape index (κ2) is 15.0. The van der Waals surface area contributed by atoms with Crippen molar-refractivity contribution in [1.29, 1.82) is 0 Å². The van der Waals surface area contributed by atoms with Crippen molar-refractivity contribution in [2.45, 2.75) is 76.3 Å². The number of ether oxygens (including phenoxy) is 3. The van der Waals surface area contributed by atoms with Crippen LogP contribution in [0.3, 0.4) is 0 Å². The van der Waals surface area contributed by atoms with Crippen molar-refractivity contribution in [1.82, 2.24) is 15.4 Å². The van der Waals surface area contributed by atoms with Gasteiger partial charge >= 0.3 is 12.1 Å². The minimum atomic E-state index is -4.10. The number of amides is 2. The topological polar surface area (TPSA) is 188 Å². The van der Waals surface area contributed by atoms with Crippen molar-refractivity contribution in [3.05, 3.63) is 81.9 Å². The first kappa shape index (κ1) is 37.2.